The molecule has 96 valence electrons. The Morgan fingerprint density at radius 2 is 1.94 bits per heavy atom. The van der Waals surface area contributed by atoms with Gasteiger partial charge in [-0.2, -0.15) is 0 Å². The average molecular weight is 238 g/mol. The van der Waals surface area contributed by atoms with Gasteiger partial charge in [-0.1, -0.05) is 19.9 Å². The molecule has 2 nitrogen and oxygen atoms in total. The zero-order chi connectivity index (χ0) is 13.0. The molecule has 0 heterocycles. The van der Waals surface area contributed by atoms with Crippen LogP contribution < -0.4 is 10.2 Å². The number of benzene rings is 1. The molecule has 0 fully saturated rings. The first-order valence-corrected chi connectivity index (χ1v) is 6.14. The summed E-state index contributed by atoms with van der Waals surface area (Å²) in [5.41, 5.74) is 1.72. The molecule has 1 atom stereocenters. The molecular weight excluding hydrogens is 215 g/mol. The Morgan fingerprint density at radius 1 is 1.29 bits per heavy atom. The number of nitrogens with zero attached hydrogens (tertiary/aromatic N) is 1. The highest BCUT2D eigenvalue weighted by atomic mass is 19.1. The second-order valence-electron chi connectivity index (χ2n) is 4.96. The van der Waals surface area contributed by atoms with Crippen molar-refractivity contribution in [1.29, 1.82) is 0 Å². The lowest BCUT2D eigenvalue weighted by Crippen LogP contribution is -2.26. The van der Waals surface area contributed by atoms with Crippen LogP contribution in [0, 0.1) is 11.7 Å². The number of hydrogen-bond donors (Lipinski definition) is 1. The van der Waals surface area contributed by atoms with E-state index < -0.39 is 0 Å². The molecule has 0 bridgehead atoms. The van der Waals surface area contributed by atoms with Crippen molar-refractivity contribution in [1.82, 2.24) is 5.32 Å². The smallest absolute Gasteiger partial charge is 0.130 e. The molecule has 1 aromatic rings. The molecule has 0 saturated carbocycles. The van der Waals surface area contributed by atoms with E-state index in [1.54, 1.807) is 6.07 Å². The summed E-state index contributed by atoms with van der Waals surface area (Å²) in [5.74, 6) is 0.418. The molecule has 0 aliphatic rings. The summed E-state index contributed by atoms with van der Waals surface area (Å²) in [5, 5.41) is 3.10. The van der Waals surface area contributed by atoms with Gasteiger partial charge in [-0.25, -0.2) is 4.39 Å². The Morgan fingerprint density at radius 3 is 2.47 bits per heavy atom. The van der Waals surface area contributed by atoms with Crippen molar-refractivity contribution in [2.45, 2.75) is 26.8 Å². The molecule has 0 aliphatic heterocycles. The van der Waals surface area contributed by atoms with E-state index in [0.29, 0.717) is 5.92 Å². The minimum atomic E-state index is -0.139. The Hall–Kier alpha value is -1.09. The lowest BCUT2D eigenvalue weighted by Gasteiger charge is -2.26. The maximum Gasteiger partial charge on any atom is 0.130 e. The Kier molecular flexibility index (Phi) is 4.94. The first kappa shape index (κ1) is 14.0. The van der Waals surface area contributed by atoms with Crippen molar-refractivity contribution in [3.05, 3.63) is 29.6 Å². The number of nitrogens with one attached hydrogen (secondary N) is 1. The zero-order valence-corrected chi connectivity index (χ0v) is 11.4. The Labute approximate surface area is 104 Å². The van der Waals surface area contributed by atoms with Crippen molar-refractivity contribution >= 4 is 5.69 Å². The Bertz CT molecular complexity index is 363. The van der Waals surface area contributed by atoms with Crippen LogP contribution in [0.2, 0.25) is 0 Å². The highest BCUT2D eigenvalue weighted by molar-refractivity contribution is 5.55. The van der Waals surface area contributed by atoms with Crippen molar-refractivity contribution < 1.29 is 4.39 Å². The van der Waals surface area contributed by atoms with Crippen LogP contribution in [0.15, 0.2) is 18.2 Å². The summed E-state index contributed by atoms with van der Waals surface area (Å²) in [6.45, 7) is 7.23. The van der Waals surface area contributed by atoms with Crippen molar-refractivity contribution in [2.24, 2.45) is 5.92 Å². The lowest BCUT2D eigenvalue weighted by molar-refractivity contribution is 0.557. The summed E-state index contributed by atoms with van der Waals surface area (Å²) in [6, 6.07) is 5.29. The van der Waals surface area contributed by atoms with Crippen molar-refractivity contribution in [3.8, 4) is 0 Å². The summed E-state index contributed by atoms with van der Waals surface area (Å²) in [6.07, 6.45) is 0. The van der Waals surface area contributed by atoms with E-state index in [2.05, 4.69) is 24.1 Å². The topological polar surface area (TPSA) is 15.3 Å². The van der Waals surface area contributed by atoms with Gasteiger partial charge in [0, 0.05) is 30.9 Å². The molecule has 3 heteroatoms. The van der Waals surface area contributed by atoms with Gasteiger partial charge in [0.1, 0.15) is 5.82 Å². The van der Waals surface area contributed by atoms with Gasteiger partial charge in [0.2, 0.25) is 0 Å². The van der Waals surface area contributed by atoms with Gasteiger partial charge in [-0.3, -0.25) is 0 Å². The quantitative estimate of drug-likeness (QED) is 0.847. The molecule has 0 spiro atoms. The third kappa shape index (κ3) is 3.43. The van der Waals surface area contributed by atoms with Crippen LogP contribution >= 0.6 is 0 Å². The highest BCUT2D eigenvalue weighted by Gasteiger charge is 2.17. The molecule has 1 unspecified atom stereocenters. The molecular formula is C14H23FN2. The minimum absolute atomic E-state index is 0.0146. The summed E-state index contributed by atoms with van der Waals surface area (Å²) >= 11 is 0. The second-order valence-corrected chi connectivity index (χ2v) is 4.96. The fourth-order valence-corrected chi connectivity index (χ4v) is 2.08. The molecule has 0 amide bonds. The van der Waals surface area contributed by atoms with Gasteiger partial charge >= 0.3 is 0 Å². The maximum atomic E-state index is 13.9. The number of halogens is 1. The third-order valence-electron chi connectivity index (χ3n) is 2.95. The number of anilines is 1. The van der Waals surface area contributed by atoms with Gasteiger partial charge in [0.15, 0.2) is 0 Å². The fourth-order valence-electron chi connectivity index (χ4n) is 2.08. The minimum Gasteiger partial charge on any atom is -0.374 e. The summed E-state index contributed by atoms with van der Waals surface area (Å²) in [7, 11) is 3.87. The first-order chi connectivity index (χ1) is 7.97. The van der Waals surface area contributed by atoms with Crippen LogP contribution in [0.3, 0.4) is 0 Å². The molecule has 0 aromatic heterocycles. The van der Waals surface area contributed by atoms with Gasteiger partial charge in [-0.05, 0) is 32.0 Å². The van der Waals surface area contributed by atoms with Crippen LogP contribution in [-0.2, 0) is 0 Å². The molecule has 17 heavy (non-hydrogen) atoms. The zero-order valence-electron chi connectivity index (χ0n) is 11.4. The second kappa shape index (κ2) is 6.01. The van der Waals surface area contributed by atoms with Crippen molar-refractivity contribution in [2.75, 3.05) is 25.5 Å². The van der Waals surface area contributed by atoms with E-state index in [4.69, 9.17) is 0 Å². The molecule has 1 rings (SSSR count). The predicted molar refractivity (Wildman–Crippen MR) is 72.0 cm³/mol. The van der Waals surface area contributed by atoms with Crippen LogP contribution in [-0.4, -0.2) is 20.6 Å². The normalized spacial score (nSPS) is 12.9. The highest BCUT2D eigenvalue weighted by Crippen LogP contribution is 2.28. The van der Waals surface area contributed by atoms with E-state index in [9.17, 15) is 4.39 Å². The Balaban J connectivity index is 3.09. The number of hydrogen-bond acceptors (Lipinski definition) is 2. The van der Waals surface area contributed by atoms with Crippen LogP contribution in [0.25, 0.3) is 0 Å². The summed E-state index contributed by atoms with van der Waals surface area (Å²) in [4.78, 5) is 2.12. The SMILES string of the molecule is CNC(C)c1c(F)cccc1N(C)CC(C)C. The number of rotatable bonds is 5. The van der Waals surface area contributed by atoms with Crippen LogP contribution in [0.1, 0.15) is 32.4 Å². The average Bonchev–Trinajstić information content (AvgIpc) is 2.26. The van der Waals surface area contributed by atoms with E-state index in [0.717, 1.165) is 17.8 Å². The third-order valence-corrected chi connectivity index (χ3v) is 2.95. The summed E-state index contributed by atoms with van der Waals surface area (Å²) < 4.78 is 13.9. The van der Waals surface area contributed by atoms with E-state index in [1.165, 1.54) is 6.07 Å². The first-order valence-electron chi connectivity index (χ1n) is 6.14. The largest absolute Gasteiger partial charge is 0.374 e. The van der Waals surface area contributed by atoms with E-state index in [1.807, 2.05) is 27.1 Å². The predicted octanol–water partition coefficient (Wildman–Crippen LogP) is 3.20. The van der Waals surface area contributed by atoms with Gasteiger partial charge in [0.25, 0.3) is 0 Å². The van der Waals surface area contributed by atoms with Gasteiger partial charge in [0.05, 0.1) is 0 Å². The standard InChI is InChI=1S/C14H23FN2/c1-10(2)9-17(5)13-8-6-7-12(15)14(13)11(3)16-4/h6-8,10-11,16H,9H2,1-5H3. The van der Waals surface area contributed by atoms with Crippen LogP contribution in [0.5, 0.6) is 0 Å². The fraction of sp³-hybridized carbons (Fsp3) is 0.571. The molecule has 0 aliphatic carbocycles. The van der Waals surface area contributed by atoms with Crippen LogP contribution in [0.4, 0.5) is 10.1 Å². The molecule has 0 saturated heterocycles. The van der Waals surface area contributed by atoms with E-state index in [-0.39, 0.29) is 11.9 Å². The van der Waals surface area contributed by atoms with Crippen molar-refractivity contribution in [3.63, 3.8) is 0 Å². The maximum absolute atomic E-state index is 13.9. The molecule has 0 radical (unpaired) electrons. The molecule has 1 aromatic carbocycles. The monoisotopic (exact) mass is 238 g/mol. The van der Waals surface area contributed by atoms with Gasteiger partial charge in [-0.15, -0.1) is 0 Å². The molecule has 1 N–H and O–H groups in total. The van der Waals surface area contributed by atoms with Gasteiger partial charge < -0.3 is 10.2 Å². The van der Waals surface area contributed by atoms with E-state index >= 15 is 0 Å². The lowest BCUT2D eigenvalue weighted by atomic mass is 10.0.